The number of nitrogens with one attached hydrogen (secondary N) is 2. The standard InChI is InChI=1S/C16H13FN2O/c17-13-8-4-7-12(9-13)16-14(10-15(20)18-19-16)11-5-2-1-3-6-11/h1-9,19H,10H2,(H,18,20). The first-order valence-corrected chi connectivity index (χ1v) is 6.33. The number of hydrogen-bond acceptors (Lipinski definition) is 2. The zero-order chi connectivity index (χ0) is 13.9. The summed E-state index contributed by atoms with van der Waals surface area (Å²) in [5.41, 5.74) is 8.71. The van der Waals surface area contributed by atoms with Gasteiger partial charge in [0.05, 0.1) is 12.1 Å². The molecule has 20 heavy (non-hydrogen) atoms. The van der Waals surface area contributed by atoms with Gasteiger partial charge in [-0.05, 0) is 23.3 Å². The molecule has 3 nitrogen and oxygen atoms in total. The normalized spacial score (nSPS) is 14.8. The fraction of sp³-hybridized carbons (Fsp3) is 0.0625. The monoisotopic (exact) mass is 268 g/mol. The maximum Gasteiger partial charge on any atom is 0.242 e. The molecule has 0 aromatic heterocycles. The number of amides is 1. The second kappa shape index (κ2) is 5.17. The summed E-state index contributed by atoms with van der Waals surface area (Å²) in [5.74, 6) is -0.412. The van der Waals surface area contributed by atoms with Crippen LogP contribution in [0.3, 0.4) is 0 Å². The van der Waals surface area contributed by atoms with Gasteiger partial charge in [0, 0.05) is 5.56 Å². The molecule has 2 N–H and O–H groups in total. The van der Waals surface area contributed by atoms with Crippen molar-refractivity contribution in [1.82, 2.24) is 10.9 Å². The van der Waals surface area contributed by atoms with Crippen molar-refractivity contribution in [2.45, 2.75) is 6.42 Å². The molecule has 1 aliphatic heterocycles. The van der Waals surface area contributed by atoms with Crippen LogP contribution in [-0.4, -0.2) is 5.91 Å². The molecule has 0 fully saturated rings. The number of rotatable bonds is 2. The molecule has 100 valence electrons. The molecular formula is C16H13FN2O. The van der Waals surface area contributed by atoms with E-state index < -0.39 is 0 Å². The Morgan fingerprint density at radius 1 is 0.900 bits per heavy atom. The Morgan fingerprint density at radius 3 is 2.40 bits per heavy atom. The average molecular weight is 268 g/mol. The first kappa shape index (κ1) is 12.4. The molecule has 0 atom stereocenters. The van der Waals surface area contributed by atoms with Crippen LogP contribution in [0.4, 0.5) is 4.39 Å². The van der Waals surface area contributed by atoms with Gasteiger partial charge < -0.3 is 0 Å². The Labute approximate surface area is 116 Å². The van der Waals surface area contributed by atoms with E-state index in [0.29, 0.717) is 5.56 Å². The smallest absolute Gasteiger partial charge is 0.242 e. The highest BCUT2D eigenvalue weighted by atomic mass is 19.1. The molecule has 0 aliphatic carbocycles. The minimum absolute atomic E-state index is 0.107. The van der Waals surface area contributed by atoms with Crippen LogP contribution in [0.1, 0.15) is 17.5 Å². The van der Waals surface area contributed by atoms with Crippen molar-refractivity contribution in [2.24, 2.45) is 0 Å². The predicted molar refractivity (Wildman–Crippen MR) is 75.6 cm³/mol. The highest BCUT2D eigenvalue weighted by molar-refractivity contribution is 6.01. The third-order valence-electron chi connectivity index (χ3n) is 3.20. The third kappa shape index (κ3) is 2.40. The summed E-state index contributed by atoms with van der Waals surface area (Å²) in [6.07, 6.45) is 0.267. The molecule has 0 saturated carbocycles. The van der Waals surface area contributed by atoms with Gasteiger partial charge in [-0.3, -0.25) is 15.6 Å². The highest BCUT2D eigenvalue weighted by Crippen LogP contribution is 2.29. The molecule has 2 aromatic carbocycles. The van der Waals surface area contributed by atoms with Crippen molar-refractivity contribution in [2.75, 3.05) is 0 Å². The molecule has 4 heteroatoms. The van der Waals surface area contributed by atoms with Gasteiger partial charge in [0.25, 0.3) is 0 Å². The zero-order valence-electron chi connectivity index (χ0n) is 10.7. The summed E-state index contributed by atoms with van der Waals surface area (Å²) >= 11 is 0. The van der Waals surface area contributed by atoms with E-state index in [1.807, 2.05) is 36.4 Å². The first-order valence-electron chi connectivity index (χ1n) is 6.33. The minimum atomic E-state index is -0.305. The van der Waals surface area contributed by atoms with Crippen LogP contribution in [0.15, 0.2) is 54.6 Å². The average Bonchev–Trinajstić information content (AvgIpc) is 2.48. The second-order valence-corrected chi connectivity index (χ2v) is 4.58. The van der Waals surface area contributed by atoms with Crippen molar-refractivity contribution in [3.8, 4) is 0 Å². The molecule has 0 radical (unpaired) electrons. The number of halogens is 1. The van der Waals surface area contributed by atoms with Crippen molar-refractivity contribution < 1.29 is 9.18 Å². The van der Waals surface area contributed by atoms with Crippen LogP contribution in [0.5, 0.6) is 0 Å². The van der Waals surface area contributed by atoms with E-state index in [4.69, 9.17) is 0 Å². The molecule has 0 unspecified atom stereocenters. The lowest BCUT2D eigenvalue weighted by molar-refractivity contribution is -0.120. The van der Waals surface area contributed by atoms with Gasteiger partial charge in [-0.15, -0.1) is 0 Å². The van der Waals surface area contributed by atoms with E-state index >= 15 is 0 Å². The summed E-state index contributed by atoms with van der Waals surface area (Å²) in [7, 11) is 0. The van der Waals surface area contributed by atoms with E-state index in [1.165, 1.54) is 12.1 Å². The lowest BCUT2D eigenvalue weighted by Crippen LogP contribution is -2.40. The van der Waals surface area contributed by atoms with Crippen molar-refractivity contribution in [1.29, 1.82) is 0 Å². The van der Waals surface area contributed by atoms with Gasteiger partial charge in [0.15, 0.2) is 0 Å². The van der Waals surface area contributed by atoms with Gasteiger partial charge in [-0.1, -0.05) is 42.5 Å². The lowest BCUT2D eigenvalue weighted by atomic mass is 9.95. The van der Waals surface area contributed by atoms with Gasteiger partial charge in [-0.25, -0.2) is 4.39 Å². The van der Waals surface area contributed by atoms with Gasteiger partial charge in [0.2, 0.25) is 5.91 Å². The molecule has 0 saturated heterocycles. The van der Waals surface area contributed by atoms with E-state index in [-0.39, 0.29) is 18.1 Å². The molecule has 2 aromatic rings. The Kier molecular flexibility index (Phi) is 3.21. The molecule has 0 spiro atoms. The molecule has 1 heterocycles. The molecule has 3 rings (SSSR count). The van der Waals surface area contributed by atoms with Gasteiger partial charge in [0.1, 0.15) is 5.82 Å². The molecule has 1 amide bonds. The zero-order valence-corrected chi connectivity index (χ0v) is 10.7. The summed E-state index contributed by atoms with van der Waals surface area (Å²) in [5, 5.41) is 0. The lowest BCUT2D eigenvalue weighted by Gasteiger charge is -2.23. The first-order chi connectivity index (χ1) is 9.74. The van der Waals surface area contributed by atoms with Crippen LogP contribution in [0.25, 0.3) is 11.3 Å². The van der Waals surface area contributed by atoms with E-state index in [0.717, 1.165) is 16.8 Å². The maximum atomic E-state index is 13.4. The summed E-state index contributed by atoms with van der Waals surface area (Å²) in [4.78, 5) is 11.6. The minimum Gasteiger partial charge on any atom is -0.298 e. The number of hydrazine groups is 1. The van der Waals surface area contributed by atoms with Crippen LogP contribution < -0.4 is 10.9 Å². The van der Waals surface area contributed by atoms with Gasteiger partial charge >= 0.3 is 0 Å². The number of carbonyl (C=O) groups is 1. The Morgan fingerprint density at radius 2 is 1.65 bits per heavy atom. The number of hydrogen-bond donors (Lipinski definition) is 2. The van der Waals surface area contributed by atoms with Crippen molar-refractivity contribution in [3.63, 3.8) is 0 Å². The summed E-state index contributed by atoms with van der Waals surface area (Å²) in [6, 6.07) is 15.9. The largest absolute Gasteiger partial charge is 0.298 e. The topological polar surface area (TPSA) is 41.1 Å². The van der Waals surface area contributed by atoms with E-state index in [1.54, 1.807) is 6.07 Å². The second-order valence-electron chi connectivity index (χ2n) is 4.58. The quantitative estimate of drug-likeness (QED) is 0.879. The van der Waals surface area contributed by atoms with E-state index in [2.05, 4.69) is 10.9 Å². The Balaban J connectivity index is 2.14. The van der Waals surface area contributed by atoms with Crippen LogP contribution >= 0.6 is 0 Å². The molecule has 0 bridgehead atoms. The SMILES string of the molecule is O=C1CC(c2ccccc2)=C(c2cccc(F)c2)NN1. The van der Waals surface area contributed by atoms with Crippen molar-refractivity contribution in [3.05, 3.63) is 71.5 Å². The predicted octanol–water partition coefficient (Wildman–Crippen LogP) is 2.72. The van der Waals surface area contributed by atoms with Crippen molar-refractivity contribution >= 4 is 17.2 Å². The van der Waals surface area contributed by atoms with Gasteiger partial charge in [-0.2, -0.15) is 0 Å². The Hall–Kier alpha value is -2.62. The fourth-order valence-corrected chi connectivity index (χ4v) is 2.28. The van der Waals surface area contributed by atoms with Crippen LogP contribution in [0, 0.1) is 5.82 Å². The Bertz CT molecular complexity index is 680. The molecular weight excluding hydrogens is 255 g/mol. The summed E-state index contributed by atoms with van der Waals surface area (Å²) in [6.45, 7) is 0. The number of benzene rings is 2. The van der Waals surface area contributed by atoms with E-state index in [9.17, 15) is 9.18 Å². The van der Waals surface area contributed by atoms with Crippen LogP contribution in [0.2, 0.25) is 0 Å². The fourth-order valence-electron chi connectivity index (χ4n) is 2.28. The van der Waals surface area contributed by atoms with Crippen LogP contribution in [-0.2, 0) is 4.79 Å². The molecule has 1 aliphatic rings. The third-order valence-corrected chi connectivity index (χ3v) is 3.20. The maximum absolute atomic E-state index is 13.4. The highest BCUT2D eigenvalue weighted by Gasteiger charge is 2.20. The summed E-state index contributed by atoms with van der Waals surface area (Å²) < 4.78 is 13.4. The number of carbonyl (C=O) groups excluding carboxylic acids is 1.